The molecule has 1 rings (SSSR count). The minimum Gasteiger partial charge on any atom is -0.589 e. The molecule has 1 aromatic heterocycles. The highest BCUT2D eigenvalue weighted by Gasteiger charge is 2.31. The van der Waals surface area contributed by atoms with Gasteiger partial charge in [-0.1, -0.05) is 0 Å². The second kappa shape index (κ2) is 3.72. The van der Waals surface area contributed by atoms with Crippen LogP contribution >= 0.6 is 0 Å². The van der Waals surface area contributed by atoms with Crippen molar-refractivity contribution in [3.8, 4) is 0 Å². The molecule has 1 aromatic rings. The zero-order valence-electron chi connectivity index (χ0n) is 8.99. The van der Waals surface area contributed by atoms with E-state index in [1.54, 1.807) is 20.8 Å². The molecule has 0 saturated heterocycles. The number of nitrogens with zero attached hydrogens (tertiary/aromatic N) is 6. The fourth-order valence-electron chi connectivity index (χ4n) is 0.858. The largest absolute Gasteiger partial charge is 0.589 e. The molecule has 0 amide bonds. The molecule has 0 aliphatic heterocycles. The summed E-state index contributed by atoms with van der Waals surface area (Å²) in [6.45, 7) is 4.96. The fraction of sp³-hybridized carbons (Fsp3) is 0.667. The van der Waals surface area contributed by atoms with Crippen LogP contribution in [0.15, 0.2) is 5.11 Å². The summed E-state index contributed by atoms with van der Waals surface area (Å²) in [5.41, 5.74) is 4.54. The zero-order chi connectivity index (χ0) is 12.5. The van der Waals surface area contributed by atoms with Crippen LogP contribution < -0.4 is 15.5 Å². The number of aromatic nitrogens is 4. The smallest absolute Gasteiger partial charge is 0.572 e. The first-order chi connectivity index (χ1) is 7.20. The Labute approximate surface area is 90.3 Å². The lowest BCUT2D eigenvalue weighted by Crippen LogP contribution is -2.52. The summed E-state index contributed by atoms with van der Waals surface area (Å²) in [7, 11) is 0. The van der Waals surface area contributed by atoms with Gasteiger partial charge in [0.25, 0.3) is 0 Å². The molecular weight excluding hydrogens is 218 g/mol. The second-order valence-corrected chi connectivity index (χ2v) is 3.97. The summed E-state index contributed by atoms with van der Waals surface area (Å²) in [6, 6.07) is 0. The van der Waals surface area contributed by atoms with Gasteiger partial charge in [0.1, 0.15) is 10.5 Å². The summed E-state index contributed by atoms with van der Waals surface area (Å²) in [6.07, 6.45) is 0. The maximum Gasteiger partial charge on any atom is 0.572 e. The molecule has 0 bridgehead atoms. The predicted molar refractivity (Wildman–Crippen MR) is 49.8 cm³/mol. The summed E-state index contributed by atoms with van der Waals surface area (Å²) < 4.78 is 0. The van der Waals surface area contributed by atoms with Crippen molar-refractivity contribution in [2.24, 2.45) is 5.11 Å². The summed E-state index contributed by atoms with van der Waals surface area (Å²) >= 11 is 0. The maximum atomic E-state index is 11.5. The van der Waals surface area contributed by atoms with Crippen molar-refractivity contribution in [1.82, 2.24) is 10.3 Å². The number of nitrogen functional groups attached to an aromatic ring is 1. The molecule has 0 fully saturated rings. The summed E-state index contributed by atoms with van der Waals surface area (Å²) in [5.74, 6) is -1.18. The molecule has 16 heavy (non-hydrogen) atoms. The van der Waals surface area contributed by atoms with Crippen LogP contribution in [0.25, 0.3) is 0 Å². The van der Waals surface area contributed by atoms with Crippen LogP contribution in [0.4, 0.5) is 11.6 Å². The zero-order valence-corrected chi connectivity index (χ0v) is 8.99. The van der Waals surface area contributed by atoms with E-state index in [1.807, 2.05) is 0 Å². The van der Waals surface area contributed by atoms with Crippen LogP contribution in [0.1, 0.15) is 20.8 Å². The Balaban J connectivity index is 3.29. The molecular formula is C6H11N7O3. The van der Waals surface area contributed by atoms with Gasteiger partial charge < -0.3 is 21.4 Å². The number of hydrogen-bond acceptors (Lipinski definition) is 7. The molecule has 0 aromatic carbocycles. The molecule has 0 saturated carbocycles. The van der Waals surface area contributed by atoms with E-state index in [0.717, 1.165) is 0 Å². The van der Waals surface area contributed by atoms with Gasteiger partial charge in [-0.15, -0.1) is 0 Å². The second-order valence-electron chi connectivity index (χ2n) is 3.97. The number of hydrogen-bond donors (Lipinski definition) is 1. The van der Waals surface area contributed by atoms with Crippen molar-refractivity contribution in [3.05, 3.63) is 15.6 Å². The number of azo groups is 1. The molecule has 0 aliphatic rings. The Morgan fingerprint density at radius 2 is 1.94 bits per heavy atom. The minimum absolute atomic E-state index is 0.00231. The van der Waals surface area contributed by atoms with Crippen LogP contribution in [0.3, 0.4) is 0 Å². The molecule has 0 radical (unpaired) electrons. The van der Waals surface area contributed by atoms with E-state index < -0.39 is 17.2 Å². The molecule has 1 heterocycles. The summed E-state index contributed by atoms with van der Waals surface area (Å²) in [5, 5.41) is 42.8. The van der Waals surface area contributed by atoms with Gasteiger partial charge in [-0.05, 0) is 25.9 Å². The normalized spacial score (nSPS) is 12.8. The monoisotopic (exact) mass is 229 g/mol. The van der Waals surface area contributed by atoms with E-state index in [1.165, 1.54) is 0 Å². The molecule has 0 aliphatic carbocycles. The van der Waals surface area contributed by atoms with Crippen molar-refractivity contribution >= 4 is 11.6 Å². The standard InChI is InChI=1S/C6H11N7O3/c1-6(2,3)9-11(14)5-4(7)8-13(16)10-12(5)15/h1-3H3,(H2,7,8,10). The highest BCUT2D eigenvalue weighted by Crippen LogP contribution is 2.14. The van der Waals surface area contributed by atoms with Crippen molar-refractivity contribution in [3.63, 3.8) is 0 Å². The van der Waals surface area contributed by atoms with Crippen LogP contribution in [0.2, 0.25) is 0 Å². The van der Waals surface area contributed by atoms with E-state index in [0.29, 0.717) is 0 Å². The number of anilines is 1. The topological polar surface area (TPSA) is 144 Å². The molecule has 0 unspecified atom stereocenters. The quantitative estimate of drug-likeness (QED) is 0.274. The van der Waals surface area contributed by atoms with E-state index in [9.17, 15) is 15.6 Å². The average Bonchev–Trinajstić information content (AvgIpc) is 1.96. The van der Waals surface area contributed by atoms with Crippen LogP contribution in [0.5, 0.6) is 0 Å². The summed E-state index contributed by atoms with van der Waals surface area (Å²) in [4.78, 5) is -0.503. The Kier molecular flexibility index (Phi) is 2.74. The van der Waals surface area contributed by atoms with Crippen LogP contribution in [-0.4, -0.2) is 20.7 Å². The van der Waals surface area contributed by atoms with Gasteiger partial charge in [-0.3, -0.25) is 0 Å². The van der Waals surface area contributed by atoms with Gasteiger partial charge in [-0.25, -0.2) is 0 Å². The minimum atomic E-state index is -0.704. The van der Waals surface area contributed by atoms with Crippen molar-refractivity contribution in [2.75, 3.05) is 5.73 Å². The Hall–Kier alpha value is -2.26. The predicted octanol–water partition coefficient (Wildman–Crippen LogP) is -1.28. The lowest BCUT2D eigenvalue weighted by atomic mass is 10.1. The first-order valence-electron chi connectivity index (χ1n) is 4.28. The molecule has 10 nitrogen and oxygen atoms in total. The van der Waals surface area contributed by atoms with E-state index >= 15 is 0 Å². The van der Waals surface area contributed by atoms with Crippen LogP contribution in [-0.2, 0) is 0 Å². The van der Waals surface area contributed by atoms with E-state index in [4.69, 9.17) is 5.73 Å². The lowest BCUT2D eigenvalue weighted by Gasteiger charge is -2.07. The first kappa shape index (κ1) is 11.8. The van der Waals surface area contributed by atoms with E-state index in [-0.39, 0.29) is 14.7 Å². The van der Waals surface area contributed by atoms with Gasteiger partial charge in [0.15, 0.2) is 0 Å². The van der Waals surface area contributed by atoms with Crippen LogP contribution in [0, 0.1) is 15.6 Å². The number of nitrogens with two attached hydrogens (primary N) is 1. The van der Waals surface area contributed by atoms with E-state index in [2.05, 4.69) is 15.4 Å². The molecule has 2 N–H and O–H groups in total. The Bertz CT molecular complexity index is 415. The highest BCUT2D eigenvalue weighted by molar-refractivity contribution is 5.39. The fourth-order valence-corrected chi connectivity index (χ4v) is 0.858. The van der Waals surface area contributed by atoms with Gasteiger partial charge in [0, 0.05) is 4.86 Å². The molecule has 10 heteroatoms. The number of rotatable bonds is 1. The molecule has 88 valence electrons. The van der Waals surface area contributed by atoms with Gasteiger partial charge >= 0.3 is 16.8 Å². The van der Waals surface area contributed by atoms with Crippen molar-refractivity contribution in [2.45, 2.75) is 26.3 Å². The first-order valence-corrected chi connectivity index (χ1v) is 4.28. The Morgan fingerprint density at radius 1 is 1.38 bits per heavy atom. The maximum absolute atomic E-state index is 11.5. The van der Waals surface area contributed by atoms with Crippen molar-refractivity contribution < 1.29 is 14.7 Å². The van der Waals surface area contributed by atoms with Gasteiger partial charge in [0.2, 0.25) is 0 Å². The van der Waals surface area contributed by atoms with Gasteiger partial charge in [0.05, 0.1) is 9.94 Å². The molecule has 0 atom stereocenters. The van der Waals surface area contributed by atoms with Gasteiger partial charge in [-0.2, -0.15) is 0 Å². The third-order valence-electron chi connectivity index (χ3n) is 1.33. The highest BCUT2D eigenvalue weighted by atomic mass is 16.6. The third kappa shape index (κ3) is 2.62. The average molecular weight is 229 g/mol. The third-order valence-corrected chi connectivity index (χ3v) is 1.33. The SMILES string of the molecule is CC(C)(C)N=[N+]([O-])c1c(N)n[n+]([O-])n[n+]1[O-]. The Morgan fingerprint density at radius 3 is 2.38 bits per heavy atom. The van der Waals surface area contributed by atoms with Crippen molar-refractivity contribution in [1.29, 1.82) is 0 Å². The molecule has 0 spiro atoms. The lowest BCUT2D eigenvalue weighted by molar-refractivity contribution is -0.886.